The number of aromatic nitrogens is 1. The summed E-state index contributed by atoms with van der Waals surface area (Å²) in [4.78, 5) is 16.5. The maximum Gasteiger partial charge on any atom is 0.226 e. The molecule has 2 N–H and O–H groups in total. The summed E-state index contributed by atoms with van der Waals surface area (Å²) in [5.74, 6) is -0.0481. The second kappa shape index (κ2) is 8.38. The number of para-hydroxylation sites is 1. The van der Waals surface area contributed by atoms with Gasteiger partial charge in [0.25, 0.3) is 0 Å². The highest BCUT2D eigenvalue weighted by molar-refractivity contribution is 7.80. The number of thiocarbonyl (C=S) groups is 1. The molecule has 134 valence electrons. The Kier molecular flexibility index (Phi) is 5.96. The van der Waals surface area contributed by atoms with Gasteiger partial charge >= 0.3 is 0 Å². The lowest BCUT2D eigenvalue weighted by molar-refractivity contribution is -0.119. The van der Waals surface area contributed by atoms with Crippen LogP contribution in [0, 0.1) is 6.92 Å². The van der Waals surface area contributed by atoms with E-state index in [1.165, 1.54) is 4.70 Å². The predicted octanol–water partition coefficient (Wildman–Crippen LogP) is 5.27. The molecule has 0 atom stereocenters. The smallest absolute Gasteiger partial charge is 0.226 e. The van der Waals surface area contributed by atoms with Crippen LogP contribution in [0.2, 0.25) is 0 Å². The topological polar surface area (TPSA) is 54.0 Å². The van der Waals surface area contributed by atoms with Crippen LogP contribution in [0.5, 0.6) is 0 Å². The number of thiazole rings is 1. The minimum absolute atomic E-state index is 0.0481. The highest BCUT2D eigenvalue weighted by atomic mass is 32.1. The van der Waals surface area contributed by atoms with Crippen LogP contribution in [0.3, 0.4) is 0 Å². The Hall–Kier alpha value is -2.31. The fourth-order valence-electron chi connectivity index (χ4n) is 2.61. The van der Waals surface area contributed by atoms with Gasteiger partial charge in [-0.3, -0.25) is 4.79 Å². The van der Waals surface area contributed by atoms with E-state index < -0.39 is 0 Å². The minimum atomic E-state index is -0.0481. The highest BCUT2D eigenvalue weighted by Crippen LogP contribution is 2.31. The van der Waals surface area contributed by atoms with E-state index in [9.17, 15) is 4.79 Å². The predicted molar refractivity (Wildman–Crippen MR) is 114 cm³/mol. The molecule has 6 heteroatoms. The highest BCUT2D eigenvalue weighted by Gasteiger charge is 2.09. The van der Waals surface area contributed by atoms with E-state index in [1.807, 2.05) is 37.3 Å². The van der Waals surface area contributed by atoms with E-state index in [0.717, 1.165) is 40.2 Å². The van der Waals surface area contributed by atoms with Gasteiger partial charge in [0.05, 0.1) is 10.2 Å². The monoisotopic (exact) mass is 383 g/mol. The number of fused-ring (bicyclic) bond motifs is 1. The summed E-state index contributed by atoms with van der Waals surface area (Å²) < 4.78 is 1.18. The number of anilines is 1. The van der Waals surface area contributed by atoms with Gasteiger partial charge in [-0.15, -0.1) is 11.3 Å². The zero-order valence-electron chi connectivity index (χ0n) is 14.8. The number of amides is 1. The third-order valence-electron chi connectivity index (χ3n) is 4.03. The molecular weight excluding hydrogens is 362 g/mol. The van der Waals surface area contributed by atoms with Gasteiger partial charge < -0.3 is 10.6 Å². The average Bonchev–Trinajstić information content (AvgIpc) is 3.05. The van der Waals surface area contributed by atoms with Crippen LogP contribution >= 0.6 is 23.6 Å². The normalized spacial score (nSPS) is 10.7. The molecule has 26 heavy (non-hydrogen) atoms. The average molecular weight is 384 g/mol. The maximum absolute atomic E-state index is 11.8. The van der Waals surface area contributed by atoms with E-state index in [-0.39, 0.29) is 5.91 Å². The zero-order chi connectivity index (χ0) is 18.5. The largest absolute Gasteiger partial charge is 0.332 e. The molecule has 1 heterocycles. The van der Waals surface area contributed by atoms with Crippen molar-refractivity contribution in [1.82, 2.24) is 10.3 Å². The van der Waals surface area contributed by atoms with Gasteiger partial charge in [-0.25, -0.2) is 4.98 Å². The van der Waals surface area contributed by atoms with Crippen molar-refractivity contribution >= 4 is 50.5 Å². The third-order valence-corrected chi connectivity index (χ3v) is 5.32. The summed E-state index contributed by atoms with van der Waals surface area (Å²) in [6.45, 7) is 4.07. The first-order valence-electron chi connectivity index (χ1n) is 8.64. The quantitative estimate of drug-likeness (QED) is 0.589. The van der Waals surface area contributed by atoms with Crippen molar-refractivity contribution < 1.29 is 4.79 Å². The first kappa shape index (κ1) is 18.5. The van der Waals surface area contributed by atoms with E-state index in [1.54, 1.807) is 11.3 Å². The first-order valence-corrected chi connectivity index (χ1v) is 9.86. The summed E-state index contributed by atoms with van der Waals surface area (Å²) in [7, 11) is 0. The Morgan fingerprint density at radius 2 is 2.04 bits per heavy atom. The van der Waals surface area contributed by atoms with E-state index in [0.29, 0.717) is 11.5 Å². The zero-order valence-corrected chi connectivity index (χ0v) is 16.5. The molecule has 0 bridgehead atoms. The number of nitrogens with one attached hydrogen (secondary N) is 2. The van der Waals surface area contributed by atoms with Crippen molar-refractivity contribution in [2.24, 2.45) is 0 Å². The molecule has 0 unspecified atom stereocenters. The van der Waals surface area contributed by atoms with Gasteiger partial charge in [-0.1, -0.05) is 25.5 Å². The molecule has 1 amide bonds. The Balaban J connectivity index is 1.71. The number of carbonyl (C=O) groups excluding carboxylic acids is 1. The molecular formula is C20H21N3OS2. The van der Waals surface area contributed by atoms with Crippen molar-refractivity contribution in [2.45, 2.75) is 33.1 Å². The van der Waals surface area contributed by atoms with Crippen molar-refractivity contribution in [3.05, 3.63) is 48.0 Å². The Bertz CT molecular complexity index is 916. The Morgan fingerprint density at radius 1 is 1.23 bits per heavy atom. The SMILES string of the molecule is CCCCC(=O)NC(=S)Nc1ccc(-c2nc3ccccc3s2)cc1C. The molecule has 0 aliphatic heterocycles. The molecule has 1 aromatic heterocycles. The van der Waals surface area contributed by atoms with Crippen LogP contribution in [-0.2, 0) is 4.79 Å². The van der Waals surface area contributed by atoms with Crippen LogP contribution < -0.4 is 10.6 Å². The first-order chi connectivity index (χ1) is 12.6. The van der Waals surface area contributed by atoms with E-state index >= 15 is 0 Å². The number of unbranched alkanes of at least 4 members (excludes halogenated alkanes) is 1. The van der Waals surface area contributed by atoms with Crippen molar-refractivity contribution in [1.29, 1.82) is 0 Å². The summed E-state index contributed by atoms with van der Waals surface area (Å²) >= 11 is 6.92. The number of aryl methyl sites for hydroxylation is 1. The lowest BCUT2D eigenvalue weighted by Crippen LogP contribution is -2.34. The van der Waals surface area contributed by atoms with Crippen LogP contribution in [0.4, 0.5) is 5.69 Å². The van der Waals surface area contributed by atoms with Crippen molar-refractivity contribution in [3.8, 4) is 10.6 Å². The van der Waals surface area contributed by atoms with Crippen LogP contribution in [0.1, 0.15) is 31.7 Å². The molecule has 0 fully saturated rings. The summed E-state index contributed by atoms with van der Waals surface area (Å²) in [6.07, 6.45) is 2.35. The minimum Gasteiger partial charge on any atom is -0.332 e. The molecule has 0 aliphatic carbocycles. The molecule has 0 spiro atoms. The molecule has 4 nitrogen and oxygen atoms in total. The number of hydrogen-bond acceptors (Lipinski definition) is 4. The maximum atomic E-state index is 11.8. The van der Waals surface area contributed by atoms with Crippen molar-refractivity contribution in [2.75, 3.05) is 5.32 Å². The lowest BCUT2D eigenvalue weighted by Gasteiger charge is -2.12. The summed E-state index contributed by atoms with van der Waals surface area (Å²) in [5.41, 5.74) is 4.03. The molecule has 0 saturated carbocycles. The standard InChI is InChI=1S/C20H21N3OS2/c1-3-4-9-18(24)23-20(25)22-15-11-10-14(12-13(15)2)19-21-16-7-5-6-8-17(16)26-19/h5-8,10-12H,3-4,9H2,1-2H3,(H2,22,23,24,25). The number of hydrogen-bond donors (Lipinski definition) is 2. The molecule has 0 saturated heterocycles. The van der Waals surface area contributed by atoms with Gasteiger partial charge in [-0.05, 0) is 61.5 Å². The molecule has 0 aliphatic rings. The number of benzene rings is 2. The summed E-state index contributed by atoms with van der Waals surface area (Å²) in [5, 5.41) is 7.16. The van der Waals surface area contributed by atoms with Gasteiger partial charge in [0, 0.05) is 17.7 Å². The van der Waals surface area contributed by atoms with Crippen LogP contribution in [0.25, 0.3) is 20.8 Å². The molecule has 3 rings (SSSR count). The number of rotatable bonds is 5. The van der Waals surface area contributed by atoms with Gasteiger partial charge in [0.2, 0.25) is 5.91 Å². The fourth-order valence-corrected chi connectivity index (χ4v) is 3.80. The number of carbonyl (C=O) groups is 1. The molecule has 2 aromatic carbocycles. The second-order valence-electron chi connectivity index (χ2n) is 6.12. The molecule has 3 aromatic rings. The van der Waals surface area contributed by atoms with E-state index in [4.69, 9.17) is 17.2 Å². The van der Waals surface area contributed by atoms with Gasteiger partial charge in [0.1, 0.15) is 5.01 Å². The lowest BCUT2D eigenvalue weighted by atomic mass is 10.1. The van der Waals surface area contributed by atoms with E-state index in [2.05, 4.69) is 29.7 Å². The fraction of sp³-hybridized carbons (Fsp3) is 0.250. The van der Waals surface area contributed by atoms with Gasteiger partial charge in [0.15, 0.2) is 5.11 Å². The van der Waals surface area contributed by atoms with Crippen LogP contribution in [0.15, 0.2) is 42.5 Å². The van der Waals surface area contributed by atoms with Crippen LogP contribution in [-0.4, -0.2) is 16.0 Å². The Morgan fingerprint density at radius 3 is 2.77 bits per heavy atom. The third kappa shape index (κ3) is 4.45. The Labute approximate surface area is 162 Å². The summed E-state index contributed by atoms with van der Waals surface area (Å²) in [6, 6.07) is 14.2. The van der Waals surface area contributed by atoms with Crippen molar-refractivity contribution in [3.63, 3.8) is 0 Å². The van der Waals surface area contributed by atoms with Gasteiger partial charge in [-0.2, -0.15) is 0 Å². The second-order valence-corrected chi connectivity index (χ2v) is 7.56. The molecule has 0 radical (unpaired) electrons. The number of nitrogens with zero attached hydrogens (tertiary/aromatic N) is 1.